The first-order chi connectivity index (χ1) is 7.43. The van der Waals surface area contributed by atoms with Gasteiger partial charge in [-0.25, -0.2) is 0 Å². The highest BCUT2D eigenvalue weighted by Crippen LogP contribution is 2.26. The maximum absolute atomic E-state index is 5.73. The Labute approximate surface area is 89.2 Å². The lowest BCUT2D eigenvalue weighted by molar-refractivity contribution is 0.0514. The molecule has 3 rings (SSSR count). The second kappa shape index (κ2) is 3.76. The minimum absolute atomic E-state index is 0.243. The molecule has 3 heteroatoms. The number of fused-ring (bicyclic) bond motifs is 1. The quantitative estimate of drug-likeness (QED) is 0.738. The summed E-state index contributed by atoms with van der Waals surface area (Å²) in [5.41, 5.74) is 3.79. The Morgan fingerprint density at radius 1 is 1.47 bits per heavy atom. The van der Waals surface area contributed by atoms with Crippen molar-refractivity contribution in [1.82, 2.24) is 10.3 Å². The highest BCUT2D eigenvalue weighted by atomic mass is 16.5. The van der Waals surface area contributed by atoms with E-state index in [9.17, 15) is 0 Å². The van der Waals surface area contributed by atoms with E-state index in [1.54, 1.807) is 0 Å². The SMILES string of the molecule is C1=C(C2CNCCO2)Cc2cccnc21. The summed E-state index contributed by atoms with van der Waals surface area (Å²) in [5, 5.41) is 3.35. The van der Waals surface area contributed by atoms with Crippen LogP contribution in [-0.4, -0.2) is 30.8 Å². The van der Waals surface area contributed by atoms with E-state index in [0.717, 1.165) is 31.8 Å². The molecule has 1 fully saturated rings. The molecule has 78 valence electrons. The predicted molar refractivity (Wildman–Crippen MR) is 58.5 cm³/mol. The summed E-state index contributed by atoms with van der Waals surface area (Å²) < 4.78 is 5.73. The molecular formula is C12H14N2O. The Bertz CT molecular complexity index is 394. The molecule has 1 aliphatic carbocycles. The molecule has 0 radical (unpaired) electrons. The Hall–Kier alpha value is -1.19. The van der Waals surface area contributed by atoms with Gasteiger partial charge >= 0.3 is 0 Å². The Balaban J connectivity index is 1.81. The van der Waals surface area contributed by atoms with Gasteiger partial charge in [0.05, 0.1) is 18.4 Å². The van der Waals surface area contributed by atoms with Crippen LogP contribution in [0.1, 0.15) is 11.3 Å². The lowest BCUT2D eigenvalue weighted by Gasteiger charge is -2.24. The first-order valence-corrected chi connectivity index (χ1v) is 5.40. The lowest BCUT2D eigenvalue weighted by Crippen LogP contribution is -2.39. The van der Waals surface area contributed by atoms with Crippen LogP contribution in [-0.2, 0) is 11.2 Å². The van der Waals surface area contributed by atoms with E-state index in [0.29, 0.717) is 0 Å². The summed E-state index contributed by atoms with van der Waals surface area (Å²) in [7, 11) is 0. The topological polar surface area (TPSA) is 34.1 Å². The van der Waals surface area contributed by atoms with Crippen molar-refractivity contribution in [3.63, 3.8) is 0 Å². The molecule has 1 N–H and O–H groups in total. The third kappa shape index (κ3) is 1.68. The fraction of sp³-hybridized carbons (Fsp3) is 0.417. The highest BCUT2D eigenvalue weighted by Gasteiger charge is 2.23. The van der Waals surface area contributed by atoms with Crippen molar-refractivity contribution < 1.29 is 4.74 Å². The number of ether oxygens (including phenoxy) is 1. The third-order valence-electron chi connectivity index (χ3n) is 2.98. The Morgan fingerprint density at radius 3 is 3.27 bits per heavy atom. The molecule has 0 aromatic carbocycles. The number of hydrogen-bond acceptors (Lipinski definition) is 3. The number of morpholine rings is 1. The average molecular weight is 202 g/mol. The van der Waals surface area contributed by atoms with E-state index in [2.05, 4.69) is 22.4 Å². The van der Waals surface area contributed by atoms with Crippen LogP contribution in [0.4, 0.5) is 0 Å². The zero-order valence-corrected chi connectivity index (χ0v) is 8.57. The van der Waals surface area contributed by atoms with Crippen LogP contribution >= 0.6 is 0 Å². The number of aromatic nitrogens is 1. The van der Waals surface area contributed by atoms with Gasteiger partial charge in [0.1, 0.15) is 0 Å². The first-order valence-electron chi connectivity index (χ1n) is 5.40. The first kappa shape index (κ1) is 9.07. The van der Waals surface area contributed by atoms with Crippen LogP contribution in [0.2, 0.25) is 0 Å². The van der Waals surface area contributed by atoms with Gasteiger partial charge in [-0.05, 0) is 29.7 Å². The zero-order valence-electron chi connectivity index (χ0n) is 8.57. The number of rotatable bonds is 1. The lowest BCUT2D eigenvalue weighted by atomic mass is 10.1. The molecule has 0 amide bonds. The number of nitrogens with zero attached hydrogens (tertiary/aromatic N) is 1. The molecule has 15 heavy (non-hydrogen) atoms. The van der Waals surface area contributed by atoms with Crippen molar-refractivity contribution in [2.24, 2.45) is 0 Å². The molecular weight excluding hydrogens is 188 g/mol. The van der Waals surface area contributed by atoms with Gasteiger partial charge in [0.2, 0.25) is 0 Å². The molecule has 1 aromatic heterocycles. The second-order valence-electron chi connectivity index (χ2n) is 4.01. The molecule has 0 bridgehead atoms. The highest BCUT2D eigenvalue weighted by molar-refractivity contribution is 5.61. The summed E-state index contributed by atoms with van der Waals surface area (Å²) >= 11 is 0. The Morgan fingerprint density at radius 2 is 2.47 bits per heavy atom. The number of nitrogens with one attached hydrogen (secondary N) is 1. The maximum Gasteiger partial charge on any atom is 0.0917 e. The van der Waals surface area contributed by atoms with Gasteiger partial charge in [0.15, 0.2) is 0 Å². The van der Waals surface area contributed by atoms with Crippen molar-refractivity contribution in [2.75, 3.05) is 19.7 Å². The zero-order chi connectivity index (χ0) is 10.1. The normalized spacial score (nSPS) is 24.8. The van der Waals surface area contributed by atoms with Crippen molar-refractivity contribution in [3.05, 3.63) is 35.2 Å². The summed E-state index contributed by atoms with van der Waals surface area (Å²) in [6.07, 6.45) is 5.26. The molecule has 1 aromatic rings. The molecule has 2 heterocycles. The van der Waals surface area contributed by atoms with Gasteiger partial charge in [0, 0.05) is 19.3 Å². The summed E-state index contributed by atoms with van der Waals surface area (Å²) in [5.74, 6) is 0. The molecule has 1 atom stereocenters. The van der Waals surface area contributed by atoms with Crippen LogP contribution in [0.5, 0.6) is 0 Å². The molecule has 1 saturated heterocycles. The molecule has 1 unspecified atom stereocenters. The van der Waals surface area contributed by atoms with Crippen molar-refractivity contribution in [2.45, 2.75) is 12.5 Å². The van der Waals surface area contributed by atoms with Gasteiger partial charge < -0.3 is 10.1 Å². The van der Waals surface area contributed by atoms with E-state index in [1.165, 1.54) is 11.1 Å². The Kier molecular flexibility index (Phi) is 2.27. The van der Waals surface area contributed by atoms with E-state index in [4.69, 9.17) is 4.74 Å². The van der Waals surface area contributed by atoms with Gasteiger partial charge in [-0.1, -0.05) is 6.07 Å². The predicted octanol–water partition coefficient (Wildman–Crippen LogP) is 1.01. The van der Waals surface area contributed by atoms with Crippen LogP contribution in [0.3, 0.4) is 0 Å². The fourth-order valence-electron chi connectivity index (χ4n) is 2.19. The minimum Gasteiger partial charge on any atom is -0.371 e. The van der Waals surface area contributed by atoms with E-state index in [1.807, 2.05) is 12.3 Å². The van der Waals surface area contributed by atoms with E-state index in [-0.39, 0.29) is 6.10 Å². The number of pyridine rings is 1. The van der Waals surface area contributed by atoms with Crippen molar-refractivity contribution in [1.29, 1.82) is 0 Å². The standard InChI is InChI=1S/C12H14N2O/c1-2-9-6-10(7-11(9)14-3-1)12-8-13-4-5-15-12/h1-3,7,12-13H,4-6,8H2. The monoisotopic (exact) mass is 202 g/mol. The van der Waals surface area contributed by atoms with Gasteiger partial charge in [-0.3, -0.25) is 4.98 Å². The van der Waals surface area contributed by atoms with Gasteiger partial charge in [0.25, 0.3) is 0 Å². The van der Waals surface area contributed by atoms with Crippen LogP contribution in [0.15, 0.2) is 23.9 Å². The van der Waals surface area contributed by atoms with E-state index >= 15 is 0 Å². The van der Waals surface area contributed by atoms with Crippen molar-refractivity contribution in [3.8, 4) is 0 Å². The third-order valence-corrected chi connectivity index (χ3v) is 2.98. The molecule has 3 nitrogen and oxygen atoms in total. The molecule has 0 spiro atoms. The smallest absolute Gasteiger partial charge is 0.0917 e. The molecule has 2 aliphatic rings. The van der Waals surface area contributed by atoms with Crippen LogP contribution in [0.25, 0.3) is 6.08 Å². The average Bonchev–Trinajstić information content (AvgIpc) is 2.74. The minimum atomic E-state index is 0.243. The molecule has 1 aliphatic heterocycles. The van der Waals surface area contributed by atoms with Crippen LogP contribution < -0.4 is 5.32 Å². The largest absolute Gasteiger partial charge is 0.371 e. The van der Waals surface area contributed by atoms with Gasteiger partial charge in [-0.2, -0.15) is 0 Å². The van der Waals surface area contributed by atoms with Gasteiger partial charge in [-0.15, -0.1) is 0 Å². The van der Waals surface area contributed by atoms with Crippen molar-refractivity contribution >= 4 is 6.08 Å². The fourth-order valence-corrected chi connectivity index (χ4v) is 2.19. The van der Waals surface area contributed by atoms with E-state index < -0.39 is 0 Å². The summed E-state index contributed by atoms with van der Waals surface area (Å²) in [4.78, 5) is 4.35. The van der Waals surface area contributed by atoms with Crippen LogP contribution in [0, 0.1) is 0 Å². The maximum atomic E-state index is 5.73. The summed E-state index contributed by atoms with van der Waals surface area (Å²) in [6, 6.07) is 4.14. The number of hydrogen-bond donors (Lipinski definition) is 1. The molecule has 0 saturated carbocycles. The second-order valence-corrected chi connectivity index (χ2v) is 4.01. The summed E-state index contributed by atoms with van der Waals surface area (Å²) in [6.45, 7) is 2.71.